The number of nitrogens with zero attached hydrogens (tertiary/aromatic N) is 3. The molecule has 112 valence electrons. The molecule has 0 fully saturated rings. The van der Waals surface area contributed by atoms with Crippen LogP contribution in [-0.2, 0) is 17.7 Å². The van der Waals surface area contributed by atoms with Gasteiger partial charge in [0, 0.05) is 5.02 Å². The summed E-state index contributed by atoms with van der Waals surface area (Å²) >= 11 is 5.81. The highest BCUT2D eigenvalue weighted by Crippen LogP contribution is 2.15. The number of hydrogen-bond donors (Lipinski definition) is 0. The Labute approximate surface area is 127 Å². The molecule has 0 spiro atoms. The van der Waals surface area contributed by atoms with Gasteiger partial charge in [-0.3, -0.25) is 0 Å². The van der Waals surface area contributed by atoms with E-state index in [1.807, 2.05) is 6.92 Å². The molecule has 0 bridgehead atoms. The molecule has 0 atom stereocenters. The second-order valence-electron chi connectivity index (χ2n) is 4.26. The molecule has 0 radical (unpaired) electrons. The van der Waals surface area contributed by atoms with Crippen LogP contribution >= 0.6 is 11.6 Å². The van der Waals surface area contributed by atoms with E-state index in [0.717, 1.165) is 11.4 Å². The zero-order chi connectivity index (χ0) is 15.2. The molecule has 0 saturated heterocycles. The summed E-state index contributed by atoms with van der Waals surface area (Å²) < 4.78 is 11.9. The molecular formula is C14H16ClN3O3. The van der Waals surface area contributed by atoms with Gasteiger partial charge < -0.3 is 9.47 Å². The molecule has 0 aliphatic rings. The van der Waals surface area contributed by atoms with E-state index in [2.05, 4.69) is 15.0 Å². The van der Waals surface area contributed by atoms with E-state index < -0.39 is 5.97 Å². The van der Waals surface area contributed by atoms with E-state index in [1.54, 1.807) is 28.9 Å². The van der Waals surface area contributed by atoms with Crippen LogP contribution in [0.1, 0.15) is 23.1 Å². The van der Waals surface area contributed by atoms with Gasteiger partial charge >= 0.3 is 5.97 Å². The number of esters is 1. The minimum Gasteiger partial charge on any atom is -0.492 e. The van der Waals surface area contributed by atoms with Gasteiger partial charge in [-0.25, -0.2) is 9.48 Å². The highest BCUT2D eigenvalue weighted by Gasteiger charge is 2.18. The second kappa shape index (κ2) is 7.08. The Kier molecular flexibility index (Phi) is 5.16. The Hall–Kier alpha value is -2.08. The number of hydrogen-bond acceptors (Lipinski definition) is 5. The minimum absolute atomic E-state index is 0.256. The van der Waals surface area contributed by atoms with Crippen LogP contribution < -0.4 is 4.74 Å². The lowest BCUT2D eigenvalue weighted by Crippen LogP contribution is -2.13. The molecule has 0 N–H and O–H groups in total. The molecule has 0 saturated carbocycles. The van der Waals surface area contributed by atoms with Gasteiger partial charge in [-0.05, 0) is 30.7 Å². The quantitative estimate of drug-likeness (QED) is 0.766. The topological polar surface area (TPSA) is 66.2 Å². The Morgan fingerprint density at radius 3 is 2.67 bits per heavy atom. The lowest BCUT2D eigenvalue weighted by Gasteiger charge is -2.08. The summed E-state index contributed by atoms with van der Waals surface area (Å²) in [6, 6.07) is 7.12. The monoisotopic (exact) mass is 309 g/mol. The lowest BCUT2D eigenvalue weighted by atomic mass is 10.2. The van der Waals surface area contributed by atoms with E-state index in [4.69, 9.17) is 16.3 Å². The van der Waals surface area contributed by atoms with Crippen LogP contribution in [0.5, 0.6) is 5.75 Å². The number of methoxy groups -OCH3 is 1. The Morgan fingerprint density at radius 2 is 2.05 bits per heavy atom. The Morgan fingerprint density at radius 1 is 1.33 bits per heavy atom. The third-order valence-electron chi connectivity index (χ3n) is 2.94. The smallest absolute Gasteiger partial charge is 0.360 e. The van der Waals surface area contributed by atoms with E-state index in [-0.39, 0.29) is 5.69 Å². The van der Waals surface area contributed by atoms with Crippen LogP contribution in [0.25, 0.3) is 0 Å². The van der Waals surface area contributed by atoms with Crippen molar-refractivity contribution in [3.05, 3.63) is 40.7 Å². The van der Waals surface area contributed by atoms with Gasteiger partial charge in [-0.15, -0.1) is 5.10 Å². The van der Waals surface area contributed by atoms with Gasteiger partial charge in [0.05, 0.1) is 19.3 Å². The van der Waals surface area contributed by atoms with Gasteiger partial charge in [0.1, 0.15) is 12.4 Å². The first-order valence-electron chi connectivity index (χ1n) is 6.54. The van der Waals surface area contributed by atoms with Crippen molar-refractivity contribution in [1.29, 1.82) is 0 Å². The van der Waals surface area contributed by atoms with Gasteiger partial charge in [0.15, 0.2) is 5.69 Å². The van der Waals surface area contributed by atoms with Crippen LogP contribution in [0, 0.1) is 0 Å². The maximum absolute atomic E-state index is 11.6. The molecule has 2 rings (SSSR count). The zero-order valence-corrected chi connectivity index (χ0v) is 12.6. The van der Waals surface area contributed by atoms with E-state index >= 15 is 0 Å². The first kappa shape index (κ1) is 15.3. The lowest BCUT2D eigenvalue weighted by molar-refractivity contribution is 0.0592. The number of halogens is 1. The van der Waals surface area contributed by atoms with Crippen molar-refractivity contribution in [2.45, 2.75) is 19.9 Å². The predicted octanol–water partition coefficient (Wildman–Crippen LogP) is 2.36. The molecule has 2 aromatic rings. The molecule has 0 aliphatic carbocycles. The number of ether oxygens (including phenoxy) is 2. The average molecular weight is 310 g/mol. The normalized spacial score (nSPS) is 10.4. The highest BCUT2D eigenvalue weighted by atomic mass is 35.5. The fraction of sp³-hybridized carbons (Fsp3) is 0.357. The van der Waals surface area contributed by atoms with E-state index in [9.17, 15) is 4.79 Å². The van der Waals surface area contributed by atoms with Crippen LogP contribution in [0.3, 0.4) is 0 Å². The molecule has 6 nitrogen and oxygen atoms in total. The van der Waals surface area contributed by atoms with E-state index in [1.165, 1.54) is 7.11 Å². The zero-order valence-electron chi connectivity index (χ0n) is 11.9. The average Bonchev–Trinajstić information content (AvgIpc) is 2.91. The van der Waals surface area contributed by atoms with Crippen molar-refractivity contribution in [3.8, 4) is 5.75 Å². The summed E-state index contributed by atoms with van der Waals surface area (Å²) in [5, 5.41) is 8.49. The molecule has 0 unspecified atom stereocenters. The first-order valence-corrected chi connectivity index (χ1v) is 6.92. The van der Waals surface area contributed by atoms with Gasteiger partial charge in [0.25, 0.3) is 0 Å². The van der Waals surface area contributed by atoms with Crippen molar-refractivity contribution in [2.75, 3.05) is 13.7 Å². The third-order valence-corrected chi connectivity index (χ3v) is 3.19. The Balaban J connectivity index is 1.98. The Bertz CT molecular complexity index is 610. The van der Waals surface area contributed by atoms with Gasteiger partial charge in [-0.1, -0.05) is 23.7 Å². The number of carbonyl (C=O) groups excluding carboxylic acids is 1. The summed E-state index contributed by atoms with van der Waals surface area (Å²) in [4.78, 5) is 11.6. The molecule has 1 heterocycles. The number of rotatable bonds is 6. The summed E-state index contributed by atoms with van der Waals surface area (Å²) in [6.07, 6.45) is 0.637. The second-order valence-corrected chi connectivity index (χ2v) is 4.69. The van der Waals surface area contributed by atoms with Crippen LogP contribution in [-0.4, -0.2) is 34.7 Å². The highest BCUT2D eigenvalue weighted by molar-refractivity contribution is 6.30. The van der Waals surface area contributed by atoms with Crippen molar-refractivity contribution in [3.63, 3.8) is 0 Å². The third kappa shape index (κ3) is 3.72. The molecular weight excluding hydrogens is 294 g/mol. The van der Waals surface area contributed by atoms with Crippen molar-refractivity contribution < 1.29 is 14.3 Å². The predicted molar refractivity (Wildman–Crippen MR) is 77.7 cm³/mol. The fourth-order valence-corrected chi connectivity index (χ4v) is 2.02. The van der Waals surface area contributed by atoms with Gasteiger partial charge in [-0.2, -0.15) is 0 Å². The van der Waals surface area contributed by atoms with E-state index in [0.29, 0.717) is 24.6 Å². The number of aromatic nitrogens is 3. The summed E-state index contributed by atoms with van der Waals surface area (Å²) in [7, 11) is 1.32. The van der Waals surface area contributed by atoms with Gasteiger partial charge in [0.2, 0.25) is 0 Å². The van der Waals surface area contributed by atoms with Crippen LogP contribution in [0.4, 0.5) is 0 Å². The molecule has 1 aromatic carbocycles. The van der Waals surface area contributed by atoms with Crippen molar-refractivity contribution in [1.82, 2.24) is 15.0 Å². The molecule has 7 heteroatoms. The van der Waals surface area contributed by atoms with Crippen LogP contribution in [0.15, 0.2) is 24.3 Å². The number of carbonyl (C=O) groups is 1. The first-order chi connectivity index (χ1) is 10.2. The number of benzene rings is 1. The molecule has 0 aliphatic heterocycles. The fourth-order valence-electron chi connectivity index (χ4n) is 1.90. The molecule has 0 amide bonds. The van der Waals surface area contributed by atoms with Crippen molar-refractivity contribution >= 4 is 17.6 Å². The minimum atomic E-state index is -0.475. The summed E-state index contributed by atoms with van der Waals surface area (Å²) in [5.74, 6) is 0.252. The molecule has 21 heavy (non-hydrogen) atoms. The maximum atomic E-state index is 11.6. The standard InChI is InChI=1S/C14H16ClN3O3/c1-3-12-13(14(19)20-2)16-17-18(12)8-9-21-11-6-4-10(15)5-7-11/h4-7H,3,8-9H2,1-2H3. The van der Waals surface area contributed by atoms with Crippen LogP contribution in [0.2, 0.25) is 5.02 Å². The molecule has 1 aromatic heterocycles. The van der Waals surface area contributed by atoms with Crippen molar-refractivity contribution in [2.24, 2.45) is 0 Å². The summed E-state index contributed by atoms with van der Waals surface area (Å²) in [5.41, 5.74) is 0.994. The maximum Gasteiger partial charge on any atom is 0.360 e. The SMILES string of the molecule is CCc1c(C(=O)OC)nnn1CCOc1ccc(Cl)cc1. The summed E-state index contributed by atoms with van der Waals surface area (Å²) in [6.45, 7) is 2.84. The largest absolute Gasteiger partial charge is 0.492 e.